The zero-order valence-corrected chi connectivity index (χ0v) is 15.2. The van der Waals surface area contributed by atoms with E-state index in [4.69, 9.17) is 11.6 Å². The number of halogens is 1. The van der Waals surface area contributed by atoms with E-state index in [2.05, 4.69) is 22.9 Å². The first kappa shape index (κ1) is 17.9. The maximum absolute atomic E-state index is 12.2. The Morgan fingerprint density at radius 1 is 1.32 bits per heavy atom. The first-order valence-electron chi connectivity index (χ1n) is 8.91. The van der Waals surface area contributed by atoms with E-state index in [1.165, 1.54) is 12.8 Å². The molecule has 1 heterocycles. The molecular formula is C18H25ClN4O2. The number of urea groups is 1. The zero-order chi connectivity index (χ0) is 17.8. The van der Waals surface area contributed by atoms with E-state index in [0.717, 1.165) is 25.1 Å². The number of piperazine rings is 1. The number of carbonyl (C=O) groups is 2. The quantitative estimate of drug-likeness (QED) is 0.772. The minimum atomic E-state index is -0.195. The Hall–Kier alpha value is -1.95. The van der Waals surface area contributed by atoms with E-state index in [0.29, 0.717) is 29.7 Å². The third-order valence-electron chi connectivity index (χ3n) is 5.01. The number of hydrogen-bond acceptors (Lipinski definition) is 3. The predicted molar refractivity (Wildman–Crippen MR) is 100 cm³/mol. The van der Waals surface area contributed by atoms with Gasteiger partial charge in [0.25, 0.3) is 0 Å². The Morgan fingerprint density at radius 2 is 2.12 bits per heavy atom. The number of nitrogens with one attached hydrogen (secondary N) is 3. The molecule has 1 aliphatic carbocycles. The third kappa shape index (κ3) is 4.57. The Labute approximate surface area is 153 Å². The molecule has 0 spiro atoms. The average molecular weight is 365 g/mol. The van der Waals surface area contributed by atoms with Crippen molar-refractivity contribution in [1.82, 2.24) is 10.6 Å². The van der Waals surface area contributed by atoms with Crippen LogP contribution in [0.4, 0.5) is 16.2 Å². The highest BCUT2D eigenvalue weighted by molar-refractivity contribution is 6.33. The second-order valence-corrected chi connectivity index (χ2v) is 7.31. The topological polar surface area (TPSA) is 73.5 Å². The molecule has 1 aliphatic heterocycles. The molecule has 2 fully saturated rings. The van der Waals surface area contributed by atoms with Crippen LogP contribution in [-0.2, 0) is 4.79 Å². The normalized spacial score (nSPS) is 23.8. The maximum Gasteiger partial charge on any atom is 0.319 e. The largest absolute Gasteiger partial charge is 0.359 e. The van der Waals surface area contributed by atoms with Crippen molar-refractivity contribution in [3.8, 4) is 0 Å². The summed E-state index contributed by atoms with van der Waals surface area (Å²) in [6, 6.07) is 5.43. The first-order chi connectivity index (χ1) is 12.0. The van der Waals surface area contributed by atoms with Crippen molar-refractivity contribution in [1.29, 1.82) is 0 Å². The van der Waals surface area contributed by atoms with Crippen LogP contribution < -0.4 is 20.9 Å². The summed E-state index contributed by atoms with van der Waals surface area (Å²) in [5.74, 6) is 0.501. The summed E-state index contributed by atoms with van der Waals surface area (Å²) >= 11 is 6.36. The van der Waals surface area contributed by atoms with Gasteiger partial charge >= 0.3 is 6.03 Å². The van der Waals surface area contributed by atoms with Gasteiger partial charge in [-0.25, -0.2) is 4.79 Å². The van der Waals surface area contributed by atoms with Crippen molar-refractivity contribution in [3.05, 3.63) is 23.2 Å². The predicted octanol–water partition coefficient (Wildman–Crippen LogP) is 2.98. The van der Waals surface area contributed by atoms with Crippen LogP contribution in [0.15, 0.2) is 18.2 Å². The molecule has 3 amide bonds. The lowest BCUT2D eigenvalue weighted by Crippen LogP contribution is -2.47. The summed E-state index contributed by atoms with van der Waals surface area (Å²) in [7, 11) is 0. The summed E-state index contributed by atoms with van der Waals surface area (Å²) in [6.07, 6.45) is 4.60. The molecule has 1 saturated carbocycles. The number of amides is 3. The van der Waals surface area contributed by atoms with E-state index < -0.39 is 0 Å². The fraction of sp³-hybridized carbons (Fsp3) is 0.556. The van der Waals surface area contributed by atoms with E-state index in [9.17, 15) is 9.59 Å². The molecule has 136 valence electrons. The molecule has 2 aliphatic rings. The van der Waals surface area contributed by atoms with E-state index in [1.807, 2.05) is 17.0 Å². The van der Waals surface area contributed by atoms with Gasteiger partial charge in [0.05, 0.1) is 17.3 Å². The van der Waals surface area contributed by atoms with E-state index in [-0.39, 0.29) is 18.0 Å². The molecule has 7 heteroatoms. The highest BCUT2D eigenvalue weighted by Crippen LogP contribution is 2.29. The smallest absolute Gasteiger partial charge is 0.319 e. The molecule has 1 saturated heterocycles. The Kier molecular flexibility index (Phi) is 5.68. The lowest BCUT2D eigenvalue weighted by atomic mass is 9.86. The van der Waals surface area contributed by atoms with Crippen LogP contribution >= 0.6 is 11.6 Å². The van der Waals surface area contributed by atoms with E-state index in [1.54, 1.807) is 6.07 Å². The third-order valence-corrected chi connectivity index (χ3v) is 5.32. The highest BCUT2D eigenvalue weighted by atomic mass is 35.5. The molecule has 0 aromatic heterocycles. The van der Waals surface area contributed by atoms with Crippen molar-refractivity contribution < 1.29 is 9.59 Å². The van der Waals surface area contributed by atoms with E-state index >= 15 is 0 Å². The van der Waals surface area contributed by atoms with Gasteiger partial charge in [-0.15, -0.1) is 0 Å². The van der Waals surface area contributed by atoms with Crippen molar-refractivity contribution in [2.75, 3.05) is 29.9 Å². The standard InChI is InChI=1S/C18H25ClN4O2/c1-12-4-2-3-5-15(12)22-18(25)21-13-6-7-16(14(19)10-13)23-9-8-20-17(24)11-23/h6-7,10,12,15H,2-5,8-9,11H2,1H3,(H,20,24)(H2,21,22,25). The van der Waals surface area contributed by atoms with Gasteiger partial charge in [0.1, 0.15) is 0 Å². The minimum absolute atomic E-state index is 0.00880. The molecule has 3 rings (SSSR count). The Morgan fingerprint density at radius 3 is 2.84 bits per heavy atom. The molecule has 6 nitrogen and oxygen atoms in total. The summed E-state index contributed by atoms with van der Waals surface area (Å²) in [4.78, 5) is 25.7. The molecular weight excluding hydrogens is 340 g/mol. The Balaban J connectivity index is 1.60. The van der Waals surface area contributed by atoms with Crippen molar-refractivity contribution in [2.24, 2.45) is 5.92 Å². The van der Waals surface area contributed by atoms with Gasteiger partial charge in [-0.05, 0) is 37.0 Å². The molecule has 25 heavy (non-hydrogen) atoms. The van der Waals surface area contributed by atoms with Gasteiger partial charge in [-0.2, -0.15) is 0 Å². The highest BCUT2D eigenvalue weighted by Gasteiger charge is 2.23. The maximum atomic E-state index is 12.2. The van der Waals surface area contributed by atoms with Crippen LogP contribution in [0.1, 0.15) is 32.6 Å². The monoisotopic (exact) mass is 364 g/mol. The van der Waals surface area contributed by atoms with Gasteiger partial charge in [0, 0.05) is 24.8 Å². The van der Waals surface area contributed by atoms with Crippen molar-refractivity contribution >= 4 is 34.9 Å². The van der Waals surface area contributed by atoms with Gasteiger partial charge in [0.15, 0.2) is 0 Å². The summed E-state index contributed by atoms with van der Waals surface area (Å²) < 4.78 is 0. The van der Waals surface area contributed by atoms with Crippen LogP contribution in [0.3, 0.4) is 0 Å². The first-order valence-corrected chi connectivity index (χ1v) is 9.29. The fourth-order valence-corrected chi connectivity index (χ4v) is 3.85. The average Bonchev–Trinajstić information content (AvgIpc) is 2.57. The molecule has 2 atom stereocenters. The molecule has 3 N–H and O–H groups in total. The summed E-state index contributed by atoms with van der Waals surface area (Å²) in [5, 5.41) is 9.24. The number of rotatable bonds is 3. The molecule has 0 radical (unpaired) electrons. The summed E-state index contributed by atoms with van der Waals surface area (Å²) in [5.41, 5.74) is 1.46. The van der Waals surface area contributed by atoms with Crippen LogP contribution in [-0.4, -0.2) is 37.6 Å². The van der Waals surface area contributed by atoms with Crippen molar-refractivity contribution in [3.63, 3.8) is 0 Å². The molecule has 1 aromatic carbocycles. The van der Waals surface area contributed by atoms with Crippen LogP contribution in [0.2, 0.25) is 5.02 Å². The number of benzene rings is 1. The van der Waals surface area contributed by atoms with Gasteiger partial charge in [-0.1, -0.05) is 31.4 Å². The van der Waals surface area contributed by atoms with Crippen LogP contribution in [0, 0.1) is 5.92 Å². The number of carbonyl (C=O) groups excluding carboxylic acids is 2. The van der Waals surface area contributed by atoms with Gasteiger partial charge in [0.2, 0.25) is 5.91 Å². The summed E-state index contributed by atoms with van der Waals surface area (Å²) in [6.45, 7) is 3.81. The number of nitrogens with zero attached hydrogens (tertiary/aromatic N) is 1. The minimum Gasteiger partial charge on any atom is -0.359 e. The Bertz CT molecular complexity index is 652. The van der Waals surface area contributed by atoms with Crippen LogP contribution in [0.5, 0.6) is 0 Å². The number of anilines is 2. The zero-order valence-electron chi connectivity index (χ0n) is 14.5. The molecule has 2 unspecified atom stereocenters. The van der Waals surface area contributed by atoms with Gasteiger partial charge in [-0.3, -0.25) is 4.79 Å². The van der Waals surface area contributed by atoms with Crippen molar-refractivity contribution in [2.45, 2.75) is 38.6 Å². The second kappa shape index (κ2) is 7.95. The fourth-order valence-electron chi connectivity index (χ4n) is 3.55. The van der Waals surface area contributed by atoms with Gasteiger partial charge < -0.3 is 20.9 Å². The molecule has 0 bridgehead atoms. The second-order valence-electron chi connectivity index (χ2n) is 6.90. The lowest BCUT2D eigenvalue weighted by molar-refractivity contribution is -0.120. The lowest BCUT2D eigenvalue weighted by Gasteiger charge is -2.30. The molecule has 1 aromatic rings. The number of hydrogen-bond donors (Lipinski definition) is 3. The van der Waals surface area contributed by atoms with Crippen LogP contribution in [0.25, 0.3) is 0 Å². The SMILES string of the molecule is CC1CCCCC1NC(=O)Nc1ccc(N2CCNC(=O)C2)c(Cl)c1.